The summed E-state index contributed by atoms with van der Waals surface area (Å²) in [7, 11) is 0. The van der Waals surface area contributed by atoms with E-state index in [-0.39, 0.29) is 12.1 Å². The van der Waals surface area contributed by atoms with Crippen LogP contribution in [0.5, 0.6) is 0 Å². The molecule has 5 heteroatoms. The molecule has 5 nitrogen and oxygen atoms in total. The highest BCUT2D eigenvalue weighted by Gasteiger charge is 2.33. The summed E-state index contributed by atoms with van der Waals surface area (Å²) in [4.78, 5) is 22.2. The maximum Gasteiger partial charge on any atom is 0.410 e. The van der Waals surface area contributed by atoms with E-state index in [9.17, 15) is 4.79 Å². The van der Waals surface area contributed by atoms with Gasteiger partial charge in [-0.1, -0.05) is 18.2 Å². The van der Waals surface area contributed by atoms with Crippen LogP contribution in [-0.2, 0) is 11.2 Å². The van der Waals surface area contributed by atoms with Gasteiger partial charge >= 0.3 is 6.09 Å². The van der Waals surface area contributed by atoms with Gasteiger partial charge in [0.25, 0.3) is 0 Å². The molecular weight excluding hydrogens is 290 g/mol. The standard InChI is InChI=1S/C18H27N3O2/c1-8-13(11(2)3)16-19-14-9-10-21(12(4)15(14)20-16)17(22)23-18(5,6)7/h8,12H,1,9-10H2,2-7H3,(H,19,20). The van der Waals surface area contributed by atoms with Gasteiger partial charge in [-0.3, -0.25) is 4.90 Å². The molecule has 126 valence electrons. The summed E-state index contributed by atoms with van der Waals surface area (Å²) in [6.45, 7) is 16.2. The molecule has 0 bridgehead atoms. The predicted molar refractivity (Wildman–Crippen MR) is 92.1 cm³/mol. The SMILES string of the molecule is C=CC(=C(C)C)c1nc2c([nH]1)CCN(C(=O)OC(C)(C)C)C2C. The van der Waals surface area contributed by atoms with Crippen LogP contribution in [0.2, 0.25) is 0 Å². The molecule has 0 spiro atoms. The van der Waals surface area contributed by atoms with E-state index < -0.39 is 5.60 Å². The minimum Gasteiger partial charge on any atom is -0.444 e. The average molecular weight is 317 g/mol. The molecule has 1 aromatic rings. The summed E-state index contributed by atoms with van der Waals surface area (Å²) in [5.74, 6) is 0.822. The lowest BCUT2D eigenvalue weighted by molar-refractivity contribution is 0.0155. The van der Waals surface area contributed by atoms with E-state index in [4.69, 9.17) is 9.72 Å². The number of aromatic nitrogens is 2. The maximum absolute atomic E-state index is 12.4. The van der Waals surface area contributed by atoms with Crippen LogP contribution in [-0.4, -0.2) is 33.1 Å². The Labute approximate surface area is 138 Å². The Morgan fingerprint density at radius 2 is 2.09 bits per heavy atom. The Morgan fingerprint density at radius 1 is 1.43 bits per heavy atom. The molecule has 0 radical (unpaired) electrons. The van der Waals surface area contributed by atoms with Crippen LogP contribution in [0.25, 0.3) is 5.57 Å². The number of nitrogens with one attached hydrogen (secondary N) is 1. The fourth-order valence-corrected chi connectivity index (χ4v) is 2.77. The molecule has 0 aromatic carbocycles. The highest BCUT2D eigenvalue weighted by Crippen LogP contribution is 2.31. The van der Waals surface area contributed by atoms with Gasteiger partial charge in [0, 0.05) is 24.2 Å². The van der Waals surface area contributed by atoms with E-state index in [1.165, 1.54) is 0 Å². The number of carbonyl (C=O) groups is 1. The van der Waals surface area contributed by atoms with Gasteiger partial charge < -0.3 is 9.72 Å². The van der Waals surface area contributed by atoms with Crippen molar-refractivity contribution in [2.75, 3.05) is 6.54 Å². The van der Waals surface area contributed by atoms with Crippen molar-refractivity contribution in [3.63, 3.8) is 0 Å². The number of carbonyl (C=O) groups excluding carboxylic acids is 1. The number of nitrogens with zero attached hydrogens (tertiary/aromatic N) is 2. The highest BCUT2D eigenvalue weighted by molar-refractivity contribution is 5.72. The van der Waals surface area contributed by atoms with Crippen LogP contribution >= 0.6 is 0 Å². The zero-order valence-electron chi connectivity index (χ0n) is 15.0. The van der Waals surface area contributed by atoms with Gasteiger partial charge in [0.05, 0.1) is 11.7 Å². The molecule has 2 rings (SSSR count). The number of fused-ring (bicyclic) bond motifs is 1. The number of amides is 1. The van der Waals surface area contributed by atoms with Crippen molar-refractivity contribution in [2.45, 2.75) is 59.6 Å². The first-order chi connectivity index (χ1) is 10.6. The van der Waals surface area contributed by atoms with Gasteiger partial charge in [-0.25, -0.2) is 9.78 Å². The Hall–Kier alpha value is -2.04. The van der Waals surface area contributed by atoms with E-state index in [0.29, 0.717) is 6.54 Å². The lowest BCUT2D eigenvalue weighted by Gasteiger charge is -2.34. The third-order valence-electron chi connectivity index (χ3n) is 3.90. The zero-order valence-corrected chi connectivity index (χ0v) is 15.0. The van der Waals surface area contributed by atoms with E-state index in [2.05, 4.69) is 11.6 Å². The number of aromatic amines is 1. The smallest absolute Gasteiger partial charge is 0.410 e. The van der Waals surface area contributed by atoms with Crippen molar-refractivity contribution in [3.05, 3.63) is 35.4 Å². The van der Waals surface area contributed by atoms with Crippen LogP contribution in [0.4, 0.5) is 4.79 Å². The second-order valence-corrected chi connectivity index (χ2v) is 7.17. The summed E-state index contributed by atoms with van der Waals surface area (Å²) in [6.07, 6.45) is 2.28. The lowest BCUT2D eigenvalue weighted by Crippen LogP contribution is -2.42. The van der Waals surface area contributed by atoms with E-state index >= 15 is 0 Å². The molecule has 1 amide bonds. The Morgan fingerprint density at radius 3 is 2.61 bits per heavy atom. The third kappa shape index (κ3) is 3.66. The van der Waals surface area contributed by atoms with E-state index in [0.717, 1.165) is 34.8 Å². The van der Waals surface area contributed by atoms with Gasteiger partial charge in [0.1, 0.15) is 11.4 Å². The van der Waals surface area contributed by atoms with Crippen molar-refractivity contribution in [1.29, 1.82) is 0 Å². The normalized spacial score (nSPS) is 17.5. The van der Waals surface area contributed by atoms with Crippen molar-refractivity contribution < 1.29 is 9.53 Å². The minimum absolute atomic E-state index is 0.109. The van der Waals surface area contributed by atoms with Gasteiger partial charge in [0.2, 0.25) is 0 Å². The Kier molecular flexibility index (Phi) is 4.68. The summed E-state index contributed by atoms with van der Waals surface area (Å²) in [6, 6.07) is -0.109. The zero-order chi connectivity index (χ0) is 17.4. The fraction of sp³-hybridized carbons (Fsp3) is 0.556. The maximum atomic E-state index is 12.4. The largest absolute Gasteiger partial charge is 0.444 e. The van der Waals surface area contributed by atoms with Gasteiger partial charge in [-0.2, -0.15) is 0 Å². The number of hydrogen-bond acceptors (Lipinski definition) is 3. The molecule has 1 aliphatic heterocycles. The second-order valence-electron chi connectivity index (χ2n) is 7.17. The number of hydrogen-bond donors (Lipinski definition) is 1. The van der Waals surface area contributed by atoms with Gasteiger partial charge in [-0.05, 0) is 41.5 Å². The van der Waals surface area contributed by atoms with Crippen LogP contribution in [0.15, 0.2) is 18.2 Å². The molecule has 0 aliphatic carbocycles. The van der Waals surface area contributed by atoms with Crippen molar-refractivity contribution in [1.82, 2.24) is 14.9 Å². The number of rotatable bonds is 2. The topological polar surface area (TPSA) is 58.2 Å². The van der Waals surface area contributed by atoms with Crippen molar-refractivity contribution in [2.24, 2.45) is 0 Å². The number of allylic oxidation sites excluding steroid dienone is 3. The molecule has 1 unspecified atom stereocenters. The van der Waals surface area contributed by atoms with Gasteiger partial charge in [0.15, 0.2) is 0 Å². The van der Waals surface area contributed by atoms with Crippen LogP contribution in [0.1, 0.15) is 64.8 Å². The summed E-state index contributed by atoms with van der Waals surface area (Å²) in [5, 5.41) is 0. The quantitative estimate of drug-likeness (QED) is 0.830. The summed E-state index contributed by atoms with van der Waals surface area (Å²) < 4.78 is 5.50. The first-order valence-electron chi connectivity index (χ1n) is 8.02. The highest BCUT2D eigenvalue weighted by atomic mass is 16.6. The third-order valence-corrected chi connectivity index (χ3v) is 3.90. The molecule has 1 atom stereocenters. The number of ether oxygens (including phenoxy) is 1. The van der Waals surface area contributed by atoms with Crippen molar-refractivity contribution >= 4 is 11.7 Å². The monoisotopic (exact) mass is 317 g/mol. The number of H-pyrrole nitrogens is 1. The predicted octanol–water partition coefficient (Wildman–Crippen LogP) is 4.24. The summed E-state index contributed by atoms with van der Waals surface area (Å²) >= 11 is 0. The Bertz CT molecular complexity index is 646. The lowest BCUT2D eigenvalue weighted by atomic mass is 10.1. The summed E-state index contributed by atoms with van der Waals surface area (Å²) in [5.41, 5.74) is 3.68. The molecule has 0 saturated carbocycles. The first kappa shape index (κ1) is 17.3. The molecule has 1 aliphatic rings. The van der Waals surface area contributed by atoms with Crippen LogP contribution in [0, 0.1) is 0 Å². The van der Waals surface area contributed by atoms with E-state index in [1.54, 1.807) is 4.90 Å². The van der Waals surface area contributed by atoms with Crippen LogP contribution < -0.4 is 0 Å². The molecular formula is C18H27N3O2. The molecule has 1 N–H and O–H groups in total. The second kappa shape index (κ2) is 6.22. The first-order valence-corrected chi connectivity index (χ1v) is 8.02. The van der Waals surface area contributed by atoms with E-state index in [1.807, 2.05) is 47.6 Å². The molecule has 0 saturated heterocycles. The molecule has 1 aromatic heterocycles. The Balaban J connectivity index is 2.29. The molecule has 0 fully saturated rings. The van der Waals surface area contributed by atoms with Crippen LogP contribution in [0.3, 0.4) is 0 Å². The number of imidazole rings is 1. The molecule has 2 heterocycles. The minimum atomic E-state index is -0.494. The fourth-order valence-electron chi connectivity index (χ4n) is 2.77. The molecule has 23 heavy (non-hydrogen) atoms. The van der Waals surface area contributed by atoms with Crippen molar-refractivity contribution in [3.8, 4) is 0 Å². The van der Waals surface area contributed by atoms with Gasteiger partial charge in [-0.15, -0.1) is 0 Å². The average Bonchev–Trinajstić information content (AvgIpc) is 2.81.